The van der Waals surface area contributed by atoms with Crippen LogP contribution in [0.1, 0.15) is 22.7 Å². The highest BCUT2D eigenvalue weighted by Crippen LogP contribution is 2.29. The average molecular weight is 279 g/mol. The minimum absolute atomic E-state index is 0.259. The van der Waals surface area contributed by atoms with E-state index in [4.69, 9.17) is 4.74 Å². The van der Waals surface area contributed by atoms with E-state index in [0.717, 1.165) is 27.7 Å². The normalized spacial score (nSPS) is 12.3. The third kappa shape index (κ3) is 2.42. The fourth-order valence-corrected chi connectivity index (χ4v) is 2.69. The fourth-order valence-electron chi connectivity index (χ4n) is 2.69. The number of ether oxygens (including phenoxy) is 1. The van der Waals surface area contributed by atoms with Gasteiger partial charge in [-0.25, -0.2) is 0 Å². The predicted octanol–water partition coefficient (Wildman–Crippen LogP) is 3.78. The van der Waals surface area contributed by atoms with Gasteiger partial charge in [-0.15, -0.1) is 0 Å². The molecule has 1 atom stereocenters. The Labute approximate surface area is 123 Å². The number of methoxy groups -OCH3 is 1. The number of fused-ring (bicyclic) bond motifs is 1. The standard InChI is InChI=1S/C18H17NO2/c1-12-7-6-10-14-11-15(19-17(12)14)16(18(20)21-2)13-8-4-3-5-9-13/h3-11,16,19H,1-2H3. The van der Waals surface area contributed by atoms with Crippen molar-refractivity contribution in [2.24, 2.45) is 0 Å². The first kappa shape index (κ1) is 13.4. The molecule has 0 aliphatic heterocycles. The van der Waals surface area contributed by atoms with Crippen molar-refractivity contribution in [3.63, 3.8) is 0 Å². The van der Waals surface area contributed by atoms with Gasteiger partial charge in [-0.1, -0.05) is 48.5 Å². The summed E-state index contributed by atoms with van der Waals surface area (Å²) in [6.07, 6.45) is 0. The predicted molar refractivity (Wildman–Crippen MR) is 83.3 cm³/mol. The smallest absolute Gasteiger partial charge is 0.319 e. The SMILES string of the molecule is COC(=O)C(c1ccccc1)c1cc2cccc(C)c2[nH]1. The molecule has 0 aliphatic carbocycles. The second-order valence-corrected chi connectivity index (χ2v) is 5.13. The van der Waals surface area contributed by atoms with Crippen molar-refractivity contribution in [2.45, 2.75) is 12.8 Å². The summed E-state index contributed by atoms with van der Waals surface area (Å²) >= 11 is 0. The van der Waals surface area contributed by atoms with Crippen LogP contribution in [-0.2, 0) is 9.53 Å². The Hall–Kier alpha value is -2.55. The number of aryl methyl sites for hydroxylation is 1. The van der Waals surface area contributed by atoms with Gasteiger partial charge >= 0.3 is 5.97 Å². The minimum atomic E-state index is -0.428. The van der Waals surface area contributed by atoms with Crippen LogP contribution in [0.15, 0.2) is 54.6 Å². The van der Waals surface area contributed by atoms with Gasteiger partial charge in [-0.2, -0.15) is 0 Å². The maximum absolute atomic E-state index is 12.2. The molecule has 0 bridgehead atoms. The van der Waals surface area contributed by atoms with Gasteiger partial charge in [0.1, 0.15) is 5.92 Å². The molecule has 21 heavy (non-hydrogen) atoms. The summed E-state index contributed by atoms with van der Waals surface area (Å²) < 4.78 is 4.99. The third-order valence-electron chi connectivity index (χ3n) is 3.77. The zero-order valence-corrected chi connectivity index (χ0v) is 12.1. The molecule has 0 fully saturated rings. The van der Waals surface area contributed by atoms with Crippen LogP contribution in [0.2, 0.25) is 0 Å². The largest absolute Gasteiger partial charge is 0.468 e. The van der Waals surface area contributed by atoms with Crippen molar-refractivity contribution in [3.8, 4) is 0 Å². The lowest BCUT2D eigenvalue weighted by atomic mass is 9.96. The number of aromatic nitrogens is 1. The molecule has 0 spiro atoms. The van der Waals surface area contributed by atoms with Gasteiger partial charge in [0.2, 0.25) is 0 Å². The van der Waals surface area contributed by atoms with Crippen molar-refractivity contribution in [1.82, 2.24) is 4.98 Å². The highest BCUT2D eigenvalue weighted by Gasteiger charge is 2.25. The third-order valence-corrected chi connectivity index (χ3v) is 3.77. The highest BCUT2D eigenvalue weighted by molar-refractivity contribution is 5.88. The number of carbonyl (C=O) groups excluding carboxylic acids is 1. The molecule has 1 N–H and O–H groups in total. The van der Waals surface area contributed by atoms with Crippen molar-refractivity contribution < 1.29 is 9.53 Å². The molecule has 1 unspecified atom stereocenters. The number of para-hydroxylation sites is 1. The van der Waals surface area contributed by atoms with E-state index >= 15 is 0 Å². The number of benzene rings is 2. The molecule has 3 heteroatoms. The van der Waals surface area contributed by atoms with Gasteiger partial charge in [-0.05, 0) is 29.5 Å². The molecule has 0 saturated carbocycles. The molecule has 1 heterocycles. The van der Waals surface area contributed by atoms with Gasteiger partial charge in [-0.3, -0.25) is 4.79 Å². The van der Waals surface area contributed by atoms with E-state index in [0.29, 0.717) is 0 Å². The molecular weight excluding hydrogens is 262 g/mol. The monoisotopic (exact) mass is 279 g/mol. The molecule has 106 valence electrons. The molecule has 3 nitrogen and oxygen atoms in total. The Kier molecular flexibility index (Phi) is 3.48. The number of carbonyl (C=O) groups is 1. The van der Waals surface area contributed by atoms with E-state index in [2.05, 4.69) is 18.0 Å². The van der Waals surface area contributed by atoms with Gasteiger partial charge in [0.15, 0.2) is 0 Å². The fraction of sp³-hybridized carbons (Fsp3) is 0.167. The number of hydrogen-bond acceptors (Lipinski definition) is 2. The number of hydrogen-bond donors (Lipinski definition) is 1. The van der Waals surface area contributed by atoms with Crippen LogP contribution in [0.3, 0.4) is 0 Å². The van der Waals surface area contributed by atoms with Gasteiger partial charge in [0, 0.05) is 11.2 Å². The van der Waals surface area contributed by atoms with Crippen LogP contribution in [0.4, 0.5) is 0 Å². The zero-order valence-electron chi connectivity index (χ0n) is 12.1. The second kappa shape index (κ2) is 5.44. The van der Waals surface area contributed by atoms with Crippen molar-refractivity contribution in [1.29, 1.82) is 0 Å². The molecule has 2 aromatic carbocycles. The summed E-state index contributed by atoms with van der Waals surface area (Å²) in [5.74, 6) is -0.687. The van der Waals surface area contributed by atoms with E-state index < -0.39 is 5.92 Å². The molecule has 3 rings (SSSR count). The maximum Gasteiger partial charge on any atom is 0.319 e. The Morgan fingerprint density at radius 2 is 1.86 bits per heavy atom. The quantitative estimate of drug-likeness (QED) is 0.741. The Balaban J connectivity index is 2.15. The maximum atomic E-state index is 12.2. The van der Waals surface area contributed by atoms with Crippen LogP contribution in [-0.4, -0.2) is 18.1 Å². The molecule has 0 radical (unpaired) electrons. The lowest BCUT2D eigenvalue weighted by molar-refractivity contribution is -0.141. The minimum Gasteiger partial charge on any atom is -0.468 e. The van der Waals surface area contributed by atoms with Gasteiger partial charge in [0.25, 0.3) is 0 Å². The van der Waals surface area contributed by atoms with E-state index in [1.807, 2.05) is 48.5 Å². The topological polar surface area (TPSA) is 42.1 Å². The second-order valence-electron chi connectivity index (χ2n) is 5.13. The van der Waals surface area contributed by atoms with E-state index in [1.165, 1.54) is 7.11 Å². The Bertz CT molecular complexity index is 774. The molecular formula is C18H17NO2. The summed E-state index contributed by atoms with van der Waals surface area (Å²) in [6.45, 7) is 2.05. The molecule has 1 aromatic heterocycles. The van der Waals surface area contributed by atoms with Crippen LogP contribution >= 0.6 is 0 Å². The number of esters is 1. The summed E-state index contributed by atoms with van der Waals surface area (Å²) in [6, 6.07) is 17.8. The number of rotatable bonds is 3. The van der Waals surface area contributed by atoms with E-state index in [-0.39, 0.29) is 5.97 Å². The summed E-state index contributed by atoms with van der Waals surface area (Å²) in [4.78, 5) is 15.6. The number of H-pyrrole nitrogens is 1. The first-order chi connectivity index (χ1) is 10.2. The van der Waals surface area contributed by atoms with Crippen LogP contribution in [0, 0.1) is 6.92 Å². The Morgan fingerprint density at radius 1 is 1.10 bits per heavy atom. The lowest BCUT2D eigenvalue weighted by Gasteiger charge is -2.13. The van der Waals surface area contributed by atoms with Gasteiger partial charge < -0.3 is 9.72 Å². The van der Waals surface area contributed by atoms with Crippen molar-refractivity contribution in [3.05, 3.63) is 71.4 Å². The van der Waals surface area contributed by atoms with Crippen molar-refractivity contribution >= 4 is 16.9 Å². The molecule has 0 amide bonds. The first-order valence-electron chi connectivity index (χ1n) is 6.91. The molecule has 3 aromatic rings. The average Bonchev–Trinajstić information content (AvgIpc) is 2.93. The van der Waals surface area contributed by atoms with Crippen molar-refractivity contribution in [2.75, 3.05) is 7.11 Å². The molecule has 0 aliphatic rings. The number of aromatic amines is 1. The van der Waals surface area contributed by atoms with Crippen LogP contribution in [0.5, 0.6) is 0 Å². The van der Waals surface area contributed by atoms with E-state index in [1.54, 1.807) is 0 Å². The summed E-state index contributed by atoms with van der Waals surface area (Å²) in [5, 5.41) is 1.11. The lowest BCUT2D eigenvalue weighted by Crippen LogP contribution is -2.15. The first-order valence-corrected chi connectivity index (χ1v) is 6.91. The molecule has 0 saturated heterocycles. The number of nitrogens with one attached hydrogen (secondary N) is 1. The van der Waals surface area contributed by atoms with Crippen LogP contribution in [0.25, 0.3) is 10.9 Å². The zero-order chi connectivity index (χ0) is 14.8. The van der Waals surface area contributed by atoms with Crippen LogP contribution < -0.4 is 0 Å². The summed E-state index contributed by atoms with van der Waals surface area (Å²) in [5.41, 5.74) is 4.01. The Morgan fingerprint density at radius 3 is 2.52 bits per heavy atom. The van der Waals surface area contributed by atoms with E-state index in [9.17, 15) is 4.79 Å². The summed E-state index contributed by atoms with van der Waals surface area (Å²) in [7, 11) is 1.42. The van der Waals surface area contributed by atoms with Gasteiger partial charge in [0.05, 0.1) is 7.11 Å². The highest BCUT2D eigenvalue weighted by atomic mass is 16.5.